The Kier molecular flexibility index (Phi) is 4.55. The van der Waals surface area contributed by atoms with Crippen LogP contribution in [0.15, 0.2) is 59.8 Å². The number of allylic oxidation sites excluding steroid dienone is 1. The molecule has 1 N–H and O–H groups in total. The average molecular weight is 350 g/mol. The number of oxime groups is 1. The smallest absolute Gasteiger partial charge is 0.268 e. The lowest BCUT2D eigenvalue weighted by atomic mass is 10.1. The molecule has 0 saturated heterocycles. The molecule has 2 aliphatic rings. The van der Waals surface area contributed by atoms with Crippen LogP contribution in [-0.4, -0.2) is 30.9 Å². The third-order valence-electron chi connectivity index (χ3n) is 4.06. The highest BCUT2D eigenvalue weighted by Crippen LogP contribution is 2.32. The van der Waals surface area contributed by atoms with E-state index in [0.717, 1.165) is 11.3 Å². The molecule has 2 aromatic carbocycles. The van der Waals surface area contributed by atoms with Gasteiger partial charge in [0.1, 0.15) is 13.2 Å². The second kappa shape index (κ2) is 7.31. The molecule has 6 heteroatoms. The van der Waals surface area contributed by atoms with Crippen LogP contribution in [0.5, 0.6) is 11.5 Å². The maximum Gasteiger partial charge on any atom is 0.268 e. The Hall–Kier alpha value is -3.28. The first kappa shape index (κ1) is 16.2. The number of nitrogens with zero attached hydrogens (tertiary/aromatic N) is 1. The summed E-state index contributed by atoms with van der Waals surface area (Å²) >= 11 is 0. The van der Waals surface area contributed by atoms with E-state index in [0.29, 0.717) is 36.8 Å². The minimum absolute atomic E-state index is 0.242. The van der Waals surface area contributed by atoms with E-state index in [2.05, 4.69) is 10.5 Å². The molecule has 2 aromatic rings. The lowest BCUT2D eigenvalue weighted by molar-refractivity contribution is -0.125. The van der Waals surface area contributed by atoms with Gasteiger partial charge in [-0.25, -0.2) is 0 Å². The van der Waals surface area contributed by atoms with Gasteiger partial charge in [-0.3, -0.25) is 4.79 Å². The molecular formula is C20H18N2O4. The third kappa shape index (κ3) is 3.69. The first-order valence-electron chi connectivity index (χ1n) is 8.44. The quantitative estimate of drug-likeness (QED) is 0.919. The topological polar surface area (TPSA) is 69.2 Å². The third-order valence-corrected chi connectivity index (χ3v) is 4.06. The first-order chi connectivity index (χ1) is 12.8. The summed E-state index contributed by atoms with van der Waals surface area (Å²) in [5.74, 6) is 1.07. The van der Waals surface area contributed by atoms with Gasteiger partial charge in [0, 0.05) is 18.2 Å². The van der Waals surface area contributed by atoms with Crippen molar-refractivity contribution in [2.24, 2.45) is 5.16 Å². The van der Waals surface area contributed by atoms with Crippen LogP contribution in [0.25, 0.3) is 6.08 Å². The Labute approximate surface area is 151 Å². The molecule has 2 heterocycles. The standard InChI is InChI=1S/C20H18N2O4/c23-20(21-15-8-9-17-18(12-15)25-11-10-24-17)19-13-16(22-26-19)7-6-14-4-2-1-3-5-14/h1-9,12,19H,10-11,13H2,(H,21,23)/b7-6+/t19-/m1/s1. The maximum absolute atomic E-state index is 12.4. The molecule has 0 fully saturated rings. The highest BCUT2D eigenvalue weighted by Gasteiger charge is 2.27. The Morgan fingerprint density at radius 3 is 2.69 bits per heavy atom. The lowest BCUT2D eigenvalue weighted by Crippen LogP contribution is -2.27. The molecule has 0 saturated carbocycles. The summed E-state index contributed by atoms with van der Waals surface area (Å²) in [4.78, 5) is 17.7. The average Bonchev–Trinajstić information content (AvgIpc) is 3.16. The number of fused-ring (bicyclic) bond motifs is 1. The van der Waals surface area contributed by atoms with E-state index in [9.17, 15) is 4.79 Å². The molecule has 132 valence electrons. The predicted molar refractivity (Wildman–Crippen MR) is 98.5 cm³/mol. The molecule has 0 spiro atoms. The highest BCUT2D eigenvalue weighted by molar-refractivity contribution is 6.04. The first-order valence-corrected chi connectivity index (χ1v) is 8.44. The largest absolute Gasteiger partial charge is 0.486 e. The van der Waals surface area contributed by atoms with Gasteiger partial charge in [-0.1, -0.05) is 41.6 Å². The van der Waals surface area contributed by atoms with Crippen LogP contribution in [0.4, 0.5) is 5.69 Å². The number of ether oxygens (including phenoxy) is 2. The number of anilines is 1. The summed E-state index contributed by atoms with van der Waals surface area (Å²) in [7, 11) is 0. The van der Waals surface area contributed by atoms with Crippen molar-refractivity contribution in [3.05, 3.63) is 60.2 Å². The molecule has 0 unspecified atom stereocenters. The number of nitrogens with one attached hydrogen (secondary N) is 1. The number of carbonyl (C=O) groups is 1. The van der Waals surface area contributed by atoms with Crippen LogP contribution < -0.4 is 14.8 Å². The number of hydrogen-bond acceptors (Lipinski definition) is 5. The highest BCUT2D eigenvalue weighted by atomic mass is 16.6. The summed E-state index contributed by atoms with van der Waals surface area (Å²) in [5.41, 5.74) is 2.44. The Bertz CT molecular complexity index is 861. The summed E-state index contributed by atoms with van der Waals surface area (Å²) in [6.45, 7) is 1.03. The van der Waals surface area contributed by atoms with Crippen LogP contribution in [-0.2, 0) is 9.63 Å². The van der Waals surface area contributed by atoms with Gasteiger partial charge in [-0.2, -0.15) is 0 Å². The molecule has 1 amide bonds. The zero-order valence-electron chi connectivity index (χ0n) is 14.1. The second-order valence-corrected chi connectivity index (χ2v) is 5.97. The molecule has 6 nitrogen and oxygen atoms in total. The minimum atomic E-state index is -0.640. The van der Waals surface area contributed by atoms with Gasteiger partial charge in [-0.15, -0.1) is 0 Å². The van der Waals surface area contributed by atoms with Gasteiger partial charge < -0.3 is 19.6 Å². The summed E-state index contributed by atoms with van der Waals surface area (Å²) in [5, 5.41) is 6.82. The van der Waals surface area contributed by atoms with E-state index in [1.165, 1.54) is 0 Å². The molecule has 4 rings (SSSR count). The van der Waals surface area contributed by atoms with Gasteiger partial charge in [0.25, 0.3) is 5.91 Å². The van der Waals surface area contributed by atoms with E-state index in [-0.39, 0.29) is 5.91 Å². The van der Waals surface area contributed by atoms with Crippen LogP contribution in [0.1, 0.15) is 12.0 Å². The summed E-state index contributed by atoms with van der Waals surface area (Å²) in [6.07, 6.45) is 3.61. The van der Waals surface area contributed by atoms with Crippen molar-refractivity contribution in [3.63, 3.8) is 0 Å². The molecule has 26 heavy (non-hydrogen) atoms. The number of benzene rings is 2. The predicted octanol–water partition coefficient (Wildman–Crippen LogP) is 3.25. The minimum Gasteiger partial charge on any atom is -0.486 e. The molecule has 0 bridgehead atoms. The number of rotatable bonds is 4. The van der Waals surface area contributed by atoms with Crippen molar-refractivity contribution < 1.29 is 19.1 Å². The molecule has 2 aliphatic heterocycles. The van der Waals surface area contributed by atoms with Gasteiger partial charge >= 0.3 is 0 Å². The zero-order chi connectivity index (χ0) is 17.8. The van der Waals surface area contributed by atoms with Crippen LogP contribution in [0.3, 0.4) is 0 Å². The Balaban J connectivity index is 1.34. The van der Waals surface area contributed by atoms with E-state index < -0.39 is 6.10 Å². The fraction of sp³-hybridized carbons (Fsp3) is 0.200. The van der Waals surface area contributed by atoms with Crippen LogP contribution in [0.2, 0.25) is 0 Å². The second-order valence-electron chi connectivity index (χ2n) is 5.97. The van der Waals surface area contributed by atoms with Crippen molar-refractivity contribution in [3.8, 4) is 11.5 Å². The number of hydrogen-bond donors (Lipinski definition) is 1. The van der Waals surface area contributed by atoms with Crippen LogP contribution in [0, 0.1) is 0 Å². The van der Waals surface area contributed by atoms with Gasteiger partial charge in [0.2, 0.25) is 6.10 Å². The molecular weight excluding hydrogens is 332 g/mol. The summed E-state index contributed by atoms with van der Waals surface area (Å²) < 4.78 is 11.0. The normalized spacial score (nSPS) is 18.3. The van der Waals surface area contributed by atoms with Crippen molar-refractivity contribution in [2.75, 3.05) is 18.5 Å². The molecule has 0 radical (unpaired) electrons. The molecule has 0 aliphatic carbocycles. The Morgan fingerprint density at radius 2 is 1.85 bits per heavy atom. The van der Waals surface area contributed by atoms with Crippen LogP contribution >= 0.6 is 0 Å². The van der Waals surface area contributed by atoms with E-state index >= 15 is 0 Å². The van der Waals surface area contributed by atoms with E-state index in [1.807, 2.05) is 42.5 Å². The van der Waals surface area contributed by atoms with Crippen molar-refractivity contribution >= 4 is 23.4 Å². The SMILES string of the molecule is O=C(Nc1ccc2c(c1)OCCO2)[C@H]1CC(/C=C/c2ccccc2)=NO1. The van der Waals surface area contributed by atoms with Crippen molar-refractivity contribution in [1.82, 2.24) is 0 Å². The van der Waals surface area contributed by atoms with E-state index in [1.54, 1.807) is 18.2 Å². The van der Waals surface area contributed by atoms with Crippen molar-refractivity contribution in [1.29, 1.82) is 0 Å². The van der Waals surface area contributed by atoms with Crippen molar-refractivity contribution in [2.45, 2.75) is 12.5 Å². The van der Waals surface area contributed by atoms with Gasteiger partial charge in [0.15, 0.2) is 11.5 Å². The monoisotopic (exact) mass is 350 g/mol. The van der Waals surface area contributed by atoms with E-state index in [4.69, 9.17) is 14.3 Å². The molecule has 0 aromatic heterocycles. The fourth-order valence-electron chi connectivity index (χ4n) is 2.74. The zero-order valence-corrected chi connectivity index (χ0v) is 14.1. The summed E-state index contributed by atoms with van der Waals surface area (Å²) in [6, 6.07) is 15.2. The van der Waals surface area contributed by atoms with Gasteiger partial charge in [-0.05, 0) is 23.8 Å². The van der Waals surface area contributed by atoms with Gasteiger partial charge in [0.05, 0.1) is 5.71 Å². The number of carbonyl (C=O) groups excluding carboxylic acids is 1. The Morgan fingerprint density at radius 1 is 1.04 bits per heavy atom. The molecule has 1 atom stereocenters. The number of amides is 1. The fourth-order valence-corrected chi connectivity index (χ4v) is 2.74. The maximum atomic E-state index is 12.4. The lowest BCUT2D eigenvalue weighted by Gasteiger charge is -2.19.